The van der Waals surface area contributed by atoms with E-state index in [1.807, 2.05) is 0 Å². The van der Waals surface area contributed by atoms with Crippen molar-refractivity contribution in [2.45, 2.75) is 6.54 Å². The van der Waals surface area contributed by atoms with Gasteiger partial charge < -0.3 is 10.3 Å². The summed E-state index contributed by atoms with van der Waals surface area (Å²) in [5.41, 5.74) is 1.14. The summed E-state index contributed by atoms with van der Waals surface area (Å²) in [7, 11) is 0. The first-order chi connectivity index (χ1) is 10.1. The Morgan fingerprint density at radius 1 is 1.19 bits per heavy atom. The van der Waals surface area contributed by atoms with E-state index in [2.05, 4.69) is 20.3 Å². The third kappa shape index (κ3) is 3.15. The van der Waals surface area contributed by atoms with Gasteiger partial charge in [0.2, 0.25) is 5.95 Å². The van der Waals surface area contributed by atoms with Crippen LogP contribution >= 0.6 is 23.2 Å². The average molecular weight is 321 g/mol. The lowest BCUT2D eigenvalue weighted by molar-refractivity contribution is 1.03. The molecule has 2 heterocycles. The zero-order valence-corrected chi connectivity index (χ0v) is 12.2. The predicted molar refractivity (Wildman–Crippen MR) is 83.9 cm³/mol. The molecule has 3 aromatic rings. The second kappa shape index (κ2) is 5.71. The molecule has 0 aliphatic heterocycles. The van der Waals surface area contributed by atoms with Crippen LogP contribution in [0, 0.1) is 0 Å². The Hall–Kier alpha value is -2.11. The van der Waals surface area contributed by atoms with Crippen molar-refractivity contribution in [3.05, 3.63) is 62.6 Å². The molecule has 0 aliphatic carbocycles. The molecule has 3 rings (SSSR count). The van der Waals surface area contributed by atoms with Crippen molar-refractivity contribution in [1.29, 1.82) is 0 Å². The summed E-state index contributed by atoms with van der Waals surface area (Å²) < 4.78 is 0. The summed E-state index contributed by atoms with van der Waals surface area (Å²) in [6, 6.07) is 8.68. The highest BCUT2D eigenvalue weighted by molar-refractivity contribution is 6.31. The monoisotopic (exact) mass is 320 g/mol. The molecule has 0 atom stereocenters. The van der Waals surface area contributed by atoms with E-state index in [4.69, 9.17) is 23.2 Å². The van der Waals surface area contributed by atoms with Crippen LogP contribution in [0.1, 0.15) is 5.56 Å². The number of nitrogens with zero attached hydrogens (tertiary/aromatic N) is 2. The number of aromatic amines is 1. The molecule has 106 valence electrons. The number of benzene rings is 1. The Morgan fingerprint density at radius 2 is 2.05 bits per heavy atom. The molecule has 1 aromatic carbocycles. The second-order valence-electron chi connectivity index (χ2n) is 4.41. The largest absolute Gasteiger partial charge is 0.350 e. The van der Waals surface area contributed by atoms with E-state index >= 15 is 0 Å². The van der Waals surface area contributed by atoms with Crippen molar-refractivity contribution in [1.82, 2.24) is 15.0 Å². The summed E-state index contributed by atoms with van der Waals surface area (Å²) in [6.45, 7) is 0.290. The molecule has 0 amide bonds. The summed E-state index contributed by atoms with van der Waals surface area (Å²) in [5.74, 6) is 0.369. The molecule has 0 saturated heterocycles. The highest BCUT2D eigenvalue weighted by atomic mass is 35.5. The number of H-pyrrole nitrogens is 1. The van der Waals surface area contributed by atoms with Gasteiger partial charge in [0.15, 0.2) is 0 Å². The molecule has 2 aromatic heterocycles. The van der Waals surface area contributed by atoms with Crippen LogP contribution in [0.2, 0.25) is 10.2 Å². The van der Waals surface area contributed by atoms with Crippen LogP contribution < -0.4 is 10.9 Å². The lowest BCUT2D eigenvalue weighted by Crippen LogP contribution is -2.16. The molecular formula is C14H10Cl2N4O. The fourth-order valence-corrected chi connectivity index (χ4v) is 2.27. The Morgan fingerprint density at radius 3 is 2.86 bits per heavy atom. The highest BCUT2D eigenvalue weighted by Crippen LogP contribution is 2.17. The smallest absolute Gasteiger partial charge is 0.253 e. The minimum Gasteiger partial charge on any atom is -0.350 e. The first-order valence-corrected chi connectivity index (χ1v) is 6.91. The van der Waals surface area contributed by atoms with Crippen LogP contribution in [0.15, 0.2) is 41.3 Å². The van der Waals surface area contributed by atoms with Crippen molar-refractivity contribution in [3.8, 4) is 0 Å². The summed E-state index contributed by atoms with van der Waals surface area (Å²) in [5, 5.41) is 4.79. The maximum atomic E-state index is 12.0. The van der Waals surface area contributed by atoms with Gasteiger partial charge in [-0.1, -0.05) is 23.2 Å². The maximum Gasteiger partial charge on any atom is 0.253 e. The average Bonchev–Trinajstić information content (AvgIpc) is 2.45. The number of halogens is 2. The Balaban J connectivity index is 1.90. The van der Waals surface area contributed by atoms with Gasteiger partial charge in [0.05, 0.1) is 0 Å². The highest BCUT2D eigenvalue weighted by Gasteiger charge is 2.05. The molecule has 0 spiro atoms. The lowest BCUT2D eigenvalue weighted by atomic mass is 10.1. The molecule has 7 heteroatoms. The number of nitrogens with one attached hydrogen (secondary N) is 2. The van der Waals surface area contributed by atoms with E-state index in [-0.39, 0.29) is 12.1 Å². The van der Waals surface area contributed by atoms with Crippen LogP contribution in [-0.4, -0.2) is 15.0 Å². The SMILES string of the molecule is O=c1[nH]c2ccc(Cl)cc2cc1CNc1nccc(Cl)n1. The minimum atomic E-state index is -0.167. The lowest BCUT2D eigenvalue weighted by Gasteiger charge is -2.06. The zero-order valence-electron chi connectivity index (χ0n) is 10.7. The molecule has 0 radical (unpaired) electrons. The second-order valence-corrected chi connectivity index (χ2v) is 5.24. The van der Waals surface area contributed by atoms with Gasteiger partial charge in [0.1, 0.15) is 5.15 Å². The van der Waals surface area contributed by atoms with Crippen molar-refractivity contribution in [2.75, 3.05) is 5.32 Å². The van der Waals surface area contributed by atoms with E-state index in [1.165, 1.54) is 0 Å². The molecule has 21 heavy (non-hydrogen) atoms. The van der Waals surface area contributed by atoms with Crippen LogP contribution in [0.3, 0.4) is 0 Å². The third-order valence-corrected chi connectivity index (χ3v) is 3.39. The van der Waals surface area contributed by atoms with Crippen molar-refractivity contribution < 1.29 is 0 Å². The fourth-order valence-electron chi connectivity index (χ4n) is 1.95. The van der Waals surface area contributed by atoms with Crippen molar-refractivity contribution >= 4 is 40.1 Å². The molecule has 0 bridgehead atoms. The first-order valence-electron chi connectivity index (χ1n) is 6.16. The molecule has 0 fully saturated rings. The number of rotatable bonds is 3. The topological polar surface area (TPSA) is 70.7 Å². The number of hydrogen-bond donors (Lipinski definition) is 2. The van der Waals surface area contributed by atoms with Crippen LogP contribution in [-0.2, 0) is 6.54 Å². The molecule has 2 N–H and O–H groups in total. The number of anilines is 1. The maximum absolute atomic E-state index is 12.0. The van der Waals surface area contributed by atoms with Crippen LogP contribution in [0.25, 0.3) is 10.9 Å². The van der Waals surface area contributed by atoms with Crippen LogP contribution in [0.5, 0.6) is 0 Å². The zero-order chi connectivity index (χ0) is 14.8. The number of hydrogen-bond acceptors (Lipinski definition) is 4. The predicted octanol–water partition coefficient (Wildman–Crippen LogP) is 3.24. The van der Waals surface area contributed by atoms with E-state index in [9.17, 15) is 4.79 Å². The van der Waals surface area contributed by atoms with Gasteiger partial charge in [-0.2, -0.15) is 0 Å². The van der Waals surface area contributed by atoms with Crippen LogP contribution in [0.4, 0.5) is 5.95 Å². The molecule has 0 saturated carbocycles. The molecule has 0 unspecified atom stereocenters. The van der Waals surface area contributed by atoms with Gasteiger partial charge in [-0.05, 0) is 30.3 Å². The third-order valence-electron chi connectivity index (χ3n) is 2.94. The fraction of sp³-hybridized carbons (Fsp3) is 0.0714. The first kappa shape index (κ1) is 13.9. The van der Waals surface area contributed by atoms with E-state index in [0.717, 1.165) is 10.9 Å². The number of pyridine rings is 1. The Kier molecular flexibility index (Phi) is 3.77. The van der Waals surface area contributed by atoms with Gasteiger partial charge in [-0.25, -0.2) is 9.97 Å². The summed E-state index contributed by atoms with van der Waals surface area (Å²) in [4.78, 5) is 22.8. The molecule has 0 aliphatic rings. The quantitative estimate of drug-likeness (QED) is 0.727. The number of fused-ring (bicyclic) bond motifs is 1. The molecular weight excluding hydrogens is 311 g/mol. The van der Waals surface area contributed by atoms with Gasteiger partial charge in [-0.3, -0.25) is 4.79 Å². The Bertz CT molecular complexity index is 863. The number of aromatic nitrogens is 3. The van der Waals surface area contributed by atoms with E-state index < -0.39 is 0 Å². The van der Waals surface area contributed by atoms with E-state index in [1.54, 1.807) is 36.5 Å². The van der Waals surface area contributed by atoms with Gasteiger partial charge in [0, 0.05) is 34.2 Å². The normalized spacial score (nSPS) is 10.8. The van der Waals surface area contributed by atoms with Gasteiger partial charge >= 0.3 is 0 Å². The van der Waals surface area contributed by atoms with Gasteiger partial charge in [-0.15, -0.1) is 0 Å². The van der Waals surface area contributed by atoms with Crippen molar-refractivity contribution in [3.63, 3.8) is 0 Å². The summed E-state index contributed by atoms with van der Waals surface area (Å²) in [6.07, 6.45) is 1.54. The standard InChI is InChI=1S/C14H10Cl2N4O/c15-10-1-2-11-8(6-10)5-9(13(21)19-11)7-18-14-17-4-3-12(16)20-14/h1-6H,7H2,(H,19,21)(H,17,18,20). The minimum absolute atomic E-state index is 0.167. The molecule has 5 nitrogen and oxygen atoms in total. The summed E-state index contributed by atoms with van der Waals surface area (Å²) >= 11 is 11.7. The van der Waals surface area contributed by atoms with Crippen molar-refractivity contribution in [2.24, 2.45) is 0 Å². The van der Waals surface area contributed by atoms with Gasteiger partial charge in [0.25, 0.3) is 5.56 Å². The Labute approximate surface area is 130 Å². The van der Waals surface area contributed by atoms with E-state index in [0.29, 0.717) is 21.7 Å².